The zero-order chi connectivity index (χ0) is 15.7. The lowest BCUT2D eigenvalue weighted by molar-refractivity contribution is 0.510. The summed E-state index contributed by atoms with van der Waals surface area (Å²) in [5.74, 6) is -1.17. The highest BCUT2D eigenvalue weighted by molar-refractivity contribution is 7.80. The molecule has 3 aromatic rings. The van der Waals surface area contributed by atoms with Gasteiger partial charge in [0, 0.05) is 18.6 Å². The minimum atomic E-state index is -0.918. The Labute approximate surface area is 131 Å². The Morgan fingerprint density at radius 1 is 1.14 bits per heavy atom. The molecule has 0 saturated heterocycles. The molecule has 0 unspecified atom stereocenters. The van der Waals surface area contributed by atoms with Gasteiger partial charge in [-0.3, -0.25) is 0 Å². The highest BCUT2D eigenvalue weighted by Gasteiger charge is 2.15. The first-order chi connectivity index (χ1) is 10.5. The molecule has 0 amide bonds. The second-order valence-electron chi connectivity index (χ2n) is 5.00. The van der Waals surface area contributed by atoms with Gasteiger partial charge in [0.05, 0.1) is 22.6 Å². The molecule has 3 rings (SSSR count). The van der Waals surface area contributed by atoms with Gasteiger partial charge >= 0.3 is 0 Å². The van der Waals surface area contributed by atoms with Gasteiger partial charge in [0.25, 0.3) is 0 Å². The summed E-state index contributed by atoms with van der Waals surface area (Å²) in [6, 6.07) is 11.9. The van der Waals surface area contributed by atoms with Gasteiger partial charge in [-0.15, -0.1) is 0 Å². The monoisotopic (exact) mass is 317 g/mol. The van der Waals surface area contributed by atoms with E-state index in [1.54, 1.807) is 4.57 Å². The molecule has 0 radical (unpaired) electrons. The molecule has 0 bridgehead atoms. The number of hydrogen-bond donors (Lipinski definition) is 1. The van der Waals surface area contributed by atoms with Gasteiger partial charge in [-0.05, 0) is 5.56 Å². The van der Waals surface area contributed by atoms with Crippen molar-refractivity contribution in [1.82, 2.24) is 9.55 Å². The molecule has 3 nitrogen and oxygen atoms in total. The predicted octanol–water partition coefficient (Wildman–Crippen LogP) is 3.19. The highest BCUT2D eigenvalue weighted by atomic mass is 32.1. The van der Waals surface area contributed by atoms with Crippen molar-refractivity contribution in [2.75, 3.05) is 0 Å². The first-order valence-electron chi connectivity index (χ1n) is 6.71. The Bertz CT molecular complexity index is 843. The maximum atomic E-state index is 13.5. The van der Waals surface area contributed by atoms with Crippen molar-refractivity contribution >= 4 is 28.2 Å². The van der Waals surface area contributed by atoms with Crippen LogP contribution in [0.4, 0.5) is 8.78 Å². The Hall–Kier alpha value is -2.34. The molecule has 2 aromatic carbocycles. The molecule has 0 aliphatic rings. The van der Waals surface area contributed by atoms with E-state index in [-0.39, 0.29) is 11.5 Å². The lowest BCUT2D eigenvalue weighted by atomic mass is 10.1. The lowest BCUT2D eigenvalue weighted by Gasteiger charge is -2.08. The number of aromatic nitrogens is 2. The van der Waals surface area contributed by atoms with Gasteiger partial charge in [0.1, 0.15) is 5.82 Å². The van der Waals surface area contributed by atoms with Crippen LogP contribution >= 0.6 is 12.2 Å². The summed E-state index contributed by atoms with van der Waals surface area (Å²) in [6.45, 7) is 0.235. The molecule has 6 heteroatoms. The molecular weight excluding hydrogens is 304 g/mol. The average molecular weight is 317 g/mol. The Balaban J connectivity index is 2.13. The van der Waals surface area contributed by atoms with E-state index in [2.05, 4.69) is 4.98 Å². The van der Waals surface area contributed by atoms with E-state index in [0.29, 0.717) is 23.3 Å². The quantitative estimate of drug-likeness (QED) is 0.752. The first kappa shape index (κ1) is 14.6. The minimum Gasteiger partial charge on any atom is -0.392 e. The zero-order valence-electron chi connectivity index (χ0n) is 11.6. The first-order valence-corrected chi connectivity index (χ1v) is 7.12. The SMILES string of the molecule is NC(=S)Cn1c(Cc2ccccc2)nc2cc(F)c(F)cc21. The molecule has 0 saturated carbocycles. The molecule has 1 aromatic heterocycles. The van der Waals surface area contributed by atoms with Crippen molar-refractivity contribution < 1.29 is 8.78 Å². The molecule has 2 N–H and O–H groups in total. The topological polar surface area (TPSA) is 43.8 Å². The van der Waals surface area contributed by atoms with Crippen LogP contribution in [0.2, 0.25) is 0 Å². The number of thiocarbonyl (C=S) groups is 1. The summed E-state index contributed by atoms with van der Waals surface area (Å²) >= 11 is 4.95. The van der Waals surface area contributed by atoms with Crippen LogP contribution in [-0.2, 0) is 13.0 Å². The van der Waals surface area contributed by atoms with E-state index in [1.807, 2.05) is 30.3 Å². The van der Waals surface area contributed by atoms with Crippen molar-refractivity contribution in [2.45, 2.75) is 13.0 Å². The summed E-state index contributed by atoms with van der Waals surface area (Å²) in [6.07, 6.45) is 0.529. The van der Waals surface area contributed by atoms with Gasteiger partial charge in [0.2, 0.25) is 0 Å². The van der Waals surface area contributed by atoms with Gasteiger partial charge in [0.15, 0.2) is 11.6 Å². The third-order valence-electron chi connectivity index (χ3n) is 3.39. The maximum absolute atomic E-state index is 13.5. The van der Waals surface area contributed by atoms with Crippen LogP contribution in [0.3, 0.4) is 0 Å². The largest absolute Gasteiger partial charge is 0.392 e. The summed E-state index contributed by atoms with van der Waals surface area (Å²) in [4.78, 5) is 4.67. The third kappa shape index (κ3) is 2.82. The van der Waals surface area contributed by atoms with Gasteiger partial charge in [-0.2, -0.15) is 0 Å². The number of hydrogen-bond acceptors (Lipinski definition) is 2. The van der Waals surface area contributed by atoms with Gasteiger partial charge in [-0.25, -0.2) is 13.8 Å². The van der Waals surface area contributed by atoms with Crippen molar-refractivity contribution in [1.29, 1.82) is 0 Å². The Morgan fingerprint density at radius 2 is 1.82 bits per heavy atom. The fourth-order valence-corrected chi connectivity index (χ4v) is 2.54. The van der Waals surface area contributed by atoms with Crippen LogP contribution < -0.4 is 5.73 Å². The van der Waals surface area contributed by atoms with Crippen LogP contribution in [-0.4, -0.2) is 14.5 Å². The summed E-state index contributed by atoms with van der Waals surface area (Å²) < 4.78 is 28.7. The number of benzene rings is 2. The van der Waals surface area contributed by atoms with Crippen LogP contribution in [0.1, 0.15) is 11.4 Å². The van der Waals surface area contributed by atoms with Gasteiger partial charge in [-0.1, -0.05) is 42.5 Å². The third-order valence-corrected chi connectivity index (χ3v) is 3.52. The number of nitrogens with zero attached hydrogens (tertiary/aromatic N) is 2. The summed E-state index contributed by atoms with van der Waals surface area (Å²) in [5.41, 5.74) is 7.54. The summed E-state index contributed by atoms with van der Waals surface area (Å²) in [7, 11) is 0. The minimum absolute atomic E-state index is 0.235. The number of nitrogens with two attached hydrogens (primary N) is 1. The molecular formula is C16H13F2N3S. The number of rotatable bonds is 4. The maximum Gasteiger partial charge on any atom is 0.161 e. The number of halogens is 2. The van der Waals surface area contributed by atoms with Crippen LogP contribution in [0, 0.1) is 11.6 Å². The zero-order valence-corrected chi connectivity index (χ0v) is 12.4. The fourth-order valence-electron chi connectivity index (χ4n) is 2.42. The molecule has 1 heterocycles. The second kappa shape index (κ2) is 5.81. The molecule has 0 aliphatic heterocycles. The molecule has 112 valence electrons. The highest BCUT2D eigenvalue weighted by Crippen LogP contribution is 2.21. The fraction of sp³-hybridized carbons (Fsp3) is 0.125. The average Bonchev–Trinajstić information content (AvgIpc) is 2.77. The van der Waals surface area contributed by atoms with Crippen molar-refractivity contribution in [2.24, 2.45) is 5.73 Å². The van der Waals surface area contributed by atoms with E-state index in [0.717, 1.165) is 17.7 Å². The molecule has 22 heavy (non-hydrogen) atoms. The molecule has 0 spiro atoms. The normalized spacial score (nSPS) is 11.0. The molecule has 0 fully saturated rings. The van der Waals surface area contributed by atoms with Crippen LogP contribution in [0.25, 0.3) is 11.0 Å². The standard InChI is InChI=1S/C16H13F2N3S/c17-11-7-13-14(8-12(11)18)21(9-15(19)22)16(20-13)6-10-4-2-1-3-5-10/h1-5,7-8H,6,9H2,(H2,19,22). The predicted molar refractivity (Wildman–Crippen MR) is 85.7 cm³/mol. The van der Waals surface area contributed by atoms with E-state index in [1.165, 1.54) is 0 Å². The molecule has 0 aliphatic carbocycles. The smallest absolute Gasteiger partial charge is 0.161 e. The number of fused-ring (bicyclic) bond motifs is 1. The Kier molecular flexibility index (Phi) is 3.85. The summed E-state index contributed by atoms with van der Waals surface area (Å²) in [5, 5.41) is 0. The lowest BCUT2D eigenvalue weighted by Crippen LogP contribution is -2.18. The van der Waals surface area contributed by atoms with E-state index in [4.69, 9.17) is 18.0 Å². The Morgan fingerprint density at radius 3 is 2.50 bits per heavy atom. The van der Waals surface area contributed by atoms with Crippen molar-refractivity contribution in [3.05, 3.63) is 65.5 Å². The van der Waals surface area contributed by atoms with Gasteiger partial charge < -0.3 is 10.3 Å². The van der Waals surface area contributed by atoms with E-state index < -0.39 is 11.6 Å². The van der Waals surface area contributed by atoms with Crippen LogP contribution in [0.5, 0.6) is 0 Å². The molecule has 0 atom stereocenters. The van der Waals surface area contributed by atoms with Crippen molar-refractivity contribution in [3.8, 4) is 0 Å². The van der Waals surface area contributed by atoms with E-state index >= 15 is 0 Å². The van der Waals surface area contributed by atoms with Crippen molar-refractivity contribution in [3.63, 3.8) is 0 Å². The van der Waals surface area contributed by atoms with E-state index in [9.17, 15) is 8.78 Å². The number of imidazole rings is 1. The van der Waals surface area contributed by atoms with Crippen LogP contribution in [0.15, 0.2) is 42.5 Å². The second-order valence-corrected chi connectivity index (χ2v) is 5.52.